The average molecular weight is 141 g/mol. The number of hydrogen-bond acceptors (Lipinski definition) is 1. The summed E-state index contributed by atoms with van der Waals surface area (Å²) in [6.45, 7) is 5.99. The third kappa shape index (κ3) is 1.15. The van der Waals surface area contributed by atoms with Gasteiger partial charge in [-0.3, -0.25) is 4.79 Å². The lowest BCUT2D eigenvalue weighted by Gasteiger charge is -2.12. The minimum Gasteiger partial charge on any atom is -0.343 e. The summed E-state index contributed by atoms with van der Waals surface area (Å²) < 4.78 is 0. The molecule has 10 heavy (non-hydrogen) atoms. The van der Waals surface area contributed by atoms with Gasteiger partial charge in [-0.1, -0.05) is 6.92 Å². The van der Waals surface area contributed by atoms with Crippen molar-refractivity contribution in [2.75, 3.05) is 13.1 Å². The van der Waals surface area contributed by atoms with Crippen LogP contribution in [0.4, 0.5) is 0 Å². The highest BCUT2D eigenvalue weighted by molar-refractivity contribution is 5.80. The Bertz CT molecular complexity index is 119. The molecule has 0 N–H and O–H groups in total. The second kappa shape index (κ2) is 3.04. The third-order valence-electron chi connectivity index (χ3n) is 2.28. The topological polar surface area (TPSA) is 20.3 Å². The number of nitrogens with zero attached hydrogens (tertiary/aromatic N) is 1. The smallest absolute Gasteiger partial charge is 0.225 e. The van der Waals surface area contributed by atoms with Gasteiger partial charge in [-0.25, -0.2) is 0 Å². The van der Waals surface area contributed by atoms with Crippen molar-refractivity contribution in [2.45, 2.75) is 26.7 Å². The molecule has 1 aliphatic rings. The van der Waals surface area contributed by atoms with Gasteiger partial charge in [0.15, 0.2) is 0 Å². The van der Waals surface area contributed by atoms with Crippen LogP contribution in [0.25, 0.3) is 0 Å². The van der Waals surface area contributed by atoms with Crippen LogP contribution in [0.15, 0.2) is 0 Å². The number of carbonyl (C=O) groups is 1. The monoisotopic (exact) mass is 141 g/mol. The van der Waals surface area contributed by atoms with E-state index in [1.54, 1.807) is 0 Å². The Kier molecular flexibility index (Phi) is 2.30. The van der Waals surface area contributed by atoms with Gasteiger partial charge >= 0.3 is 0 Å². The molecule has 2 nitrogen and oxygen atoms in total. The quantitative estimate of drug-likeness (QED) is 0.567. The van der Waals surface area contributed by atoms with Gasteiger partial charge < -0.3 is 4.90 Å². The molecule has 0 radical (unpaired) electrons. The van der Waals surface area contributed by atoms with Crippen molar-refractivity contribution in [1.29, 1.82) is 0 Å². The van der Waals surface area contributed by atoms with Crippen molar-refractivity contribution < 1.29 is 4.79 Å². The molecule has 0 spiro atoms. The fourth-order valence-corrected chi connectivity index (χ4v) is 1.50. The number of carbonyl (C=O) groups excluding carboxylic acids is 1. The zero-order valence-corrected chi connectivity index (χ0v) is 6.76. The zero-order valence-electron chi connectivity index (χ0n) is 6.76. The molecular formula is C8H15NO. The summed E-state index contributed by atoms with van der Waals surface area (Å²) in [5.41, 5.74) is 0. The lowest BCUT2D eigenvalue weighted by Crippen LogP contribution is -2.26. The summed E-state index contributed by atoms with van der Waals surface area (Å²) >= 11 is 0. The van der Waals surface area contributed by atoms with E-state index in [2.05, 4.69) is 6.92 Å². The molecule has 0 saturated carbocycles. The van der Waals surface area contributed by atoms with Gasteiger partial charge in [0, 0.05) is 19.0 Å². The summed E-state index contributed by atoms with van der Waals surface area (Å²) in [6, 6.07) is 0. The zero-order chi connectivity index (χ0) is 7.56. The van der Waals surface area contributed by atoms with E-state index >= 15 is 0 Å². The molecule has 1 heterocycles. The summed E-state index contributed by atoms with van der Waals surface area (Å²) in [7, 11) is 0. The number of amides is 1. The lowest BCUT2D eigenvalue weighted by molar-refractivity contribution is -0.130. The molecule has 2 heteroatoms. The maximum Gasteiger partial charge on any atom is 0.225 e. The summed E-state index contributed by atoms with van der Waals surface area (Å²) in [5, 5.41) is 0. The van der Waals surface area contributed by atoms with Gasteiger partial charge in [0.05, 0.1) is 0 Å². The molecule has 58 valence electrons. The van der Waals surface area contributed by atoms with Crippen molar-refractivity contribution in [1.82, 2.24) is 4.90 Å². The standard InChI is InChI=1S/C8H15NO/c1-3-7-5-6-9(4-2)8(7)10/h7H,3-6H2,1-2H3/t7-/m1/s1. The Labute approximate surface area is 62.2 Å². The molecule has 1 atom stereocenters. The van der Waals surface area contributed by atoms with Gasteiger partial charge in [0.1, 0.15) is 0 Å². The second-order valence-corrected chi connectivity index (χ2v) is 2.81. The molecule has 0 aromatic heterocycles. The normalized spacial score (nSPS) is 26.0. The van der Waals surface area contributed by atoms with E-state index in [1.807, 2.05) is 11.8 Å². The minimum atomic E-state index is 0.333. The summed E-state index contributed by atoms with van der Waals surface area (Å²) in [6.07, 6.45) is 2.08. The number of hydrogen-bond donors (Lipinski definition) is 0. The fraction of sp³-hybridized carbons (Fsp3) is 0.875. The first-order chi connectivity index (χ1) is 4.79. The van der Waals surface area contributed by atoms with Gasteiger partial charge in [-0.2, -0.15) is 0 Å². The van der Waals surface area contributed by atoms with E-state index in [9.17, 15) is 4.79 Å². The van der Waals surface area contributed by atoms with Crippen LogP contribution in [-0.2, 0) is 4.79 Å². The van der Waals surface area contributed by atoms with Crippen molar-refractivity contribution in [3.63, 3.8) is 0 Å². The van der Waals surface area contributed by atoms with E-state index in [-0.39, 0.29) is 0 Å². The van der Waals surface area contributed by atoms with Crippen LogP contribution in [0.1, 0.15) is 26.7 Å². The molecule has 0 aromatic carbocycles. The molecule has 1 aliphatic heterocycles. The SMILES string of the molecule is CC[C@@H]1CCN(CC)C1=O. The van der Waals surface area contributed by atoms with Crippen LogP contribution in [0.2, 0.25) is 0 Å². The van der Waals surface area contributed by atoms with Crippen LogP contribution in [-0.4, -0.2) is 23.9 Å². The molecule has 0 unspecified atom stereocenters. The Morgan fingerprint density at radius 3 is 2.60 bits per heavy atom. The highest BCUT2D eigenvalue weighted by Gasteiger charge is 2.28. The van der Waals surface area contributed by atoms with Crippen LogP contribution in [0.3, 0.4) is 0 Å². The van der Waals surface area contributed by atoms with E-state index in [1.165, 1.54) is 0 Å². The second-order valence-electron chi connectivity index (χ2n) is 2.81. The Morgan fingerprint density at radius 1 is 1.60 bits per heavy atom. The molecule has 1 saturated heterocycles. The van der Waals surface area contributed by atoms with Crippen molar-refractivity contribution in [2.24, 2.45) is 5.92 Å². The molecule has 1 amide bonds. The van der Waals surface area contributed by atoms with Crippen molar-refractivity contribution >= 4 is 5.91 Å². The molecule has 0 aromatic rings. The Hall–Kier alpha value is -0.530. The molecule has 1 rings (SSSR count). The van der Waals surface area contributed by atoms with E-state index in [0.29, 0.717) is 11.8 Å². The van der Waals surface area contributed by atoms with E-state index in [0.717, 1.165) is 25.9 Å². The number of likely N-dealkylation sites (tertiary alicyclic amines) is 1. The molecule has 1 fully saturated rings. The minimum absolute atomic E-state index is 0.333. The first-order valence-corrected chi connectivity index (χ1v) is 4.08. The highest BCUT2D eigenvalue weighted by Crippen LogP contribution is 2.19. The van der Waals surface area contributed by atoms with Crippen LogP contribution in [0, 0.1) is 5.92 Å². The Balaban J connectivity index is 2.49. The van der Waals surface area contributed by atoms with Crippen molar-refractivity contribution in [3.05, 3.63) is 0 Å². The van der Waals surface area contributed by atoms with Gasteiger partial charge in [0.2, 0.25) is 5.91 Å². The molecular weight excluding hydrogens is 126 g/mol. The summed E-state index contributed by atoms with van der Waals surface area (Å²) in [4.78, 5) is 13.2. The highest BCUT2D eigenvalue weighted by atomic mass is 16.2. The first kappa shape index (κ1) is 7.58. The fourth-order valence-electron chi connectivity index (χ4n) is 1.50. The first-order valence-electron chi connectivity index (χ1n) is 4.08. The summed E-state index contributed by atoms with van der Waals surface area (Å²) in [5.74, 6) is 0.699. The molecule has 0 bridgehead atoms. The maximum absolute atomic E-state index is 11.3. The van der Waals surface area contributed by atoms with Crippen LogP contribution >= 0.6 is 0 Å². The molecule has 0 aliphatic carbocycles. The third-order valence-corrected chi connectivity index (χ3v) is 2.28. The lowest BCUT2D eigenvalue weighted by atomic mass is 10.1. The van der Waals surface area contributed by atoms with Crippen LogP contribution < -0.4 is 0 Å². The van der Waals surface area contributed by atoms with Crippen LogP contribution in [0.5, 0.6) is 0 Å². The van der Waals surface area contributed by atoms with Crippen molar-refractivity contribution in [3.8, 4) is 0 Å². The predicted molar refractivity (Wildman–Crippen MR) is 40.7 cm³/mol. The van der Waals surface area contributed by atoms with Gasteiger partial charge in [0.25, 0.3) is 0 Å². The predicted octanol–water partition coefficient (Wildman–Crippen LogP) is 1.26. The van der Waals surface area contributed by atoms with E-state index in [4.69, 9.17) is 0 Å². The maximum atomic E-state index is 11.3. The van der Waals surface area contributed by atoms with Gasteiger partial charge in [-0.05, 0) is 19.8 Å². The number of rotatable bonds is 2. The average Bonchev–Trinajstić information content (AvgIpc) is 2.30. The van der Waals surface area contributed by atoms with E-state index < -0.39 is 0 Å². The largest absolute Gasteiger partial charge is 0.343 e. The Morgan fingerprint density at radius 2 is 2.30 bits per heavy atom. The van der Waals surface area contributed by atoms with Gasteiger partial charge in [-0.15, -0.1) is 0 Å².